The Labute approximate surface area is 328 Å². The molecule has 0 aromatic heterocycles. The molecule has 0 nitrogen and oxygen atoms in total. The fourth-order valence-electron chi connectivity index (χ4n) is 6.82. The van der Waals surface area contributed by atoms with Crippen LogP contribution < -0.4 is 24.8 Å². The number of rotatable bonds is 2. The van der Waals surface area contributed by atoms with Gasteiger partial charge in [0, 0.05) is 0 Å². The van der Waals surface area contributed by atoms with Crippen LogP contribution in [-0.2, 0) is 32.6 Å². The van der Waals surface area contributed by atoms with Gasteiger partial charge in [-0.2, -0.15) is 35.4 Å². The number of hydrogen-bond acceptors (Lipinski definition) is 0. The predicted molar refractivity (Wildman–Crippen MR) is 202 cm³/mol. The predicted octanol–water partition coefficient (Wildman–Crippen LogP) is 6.75. The summed E-state index contributed by atoms with van der Waals surface area (Å²) < 4.78 is 0. The van der Waals surface area contributed by atoms with E-state index in [1.54, 1.807) is 0 Å². The van der Waals surface area contributed by atoms with E-state index in [-0.39, 0.29) is 51.0 Å². The Kier molecular flexibility index (Phi) is 13.4. The van der Waals surface area contributed by atoms with Crippen molar-refractivity contribution in [2.75, 3.05) is 0 Å². The van der Waals surface area contributed by atoms with Crippen molar-refractivity contribution < 1.29 is 51.0 Å². The molecule has 8 aromatic carbocycles. The number of halogens is 2. The standard InChI is InChI=1S/2C16H13.C15H13.2ClH.Zr/c2*1-12-10-14-8-5-9-15(16(14)11-12)13-6-3-2-4-7-13;1-10-7-13-9-12-5-3-4-6-14(12)15(13)8-11(10)2;;;/h2*2-11H,1H3;3-6,8H,9H2,1-2H3;2*1H;/q3*-1;;;+2/p-2. The third-order valence-corrected chi connectivity index (χ3v) is 9.25. The van der Waals surface area contributed by atoms with E-state index in [2.05, 4.69) is 185 Å². The fourth-order valence-corrected chi connectivity index (χ4v) is 6.82. The second-order valence-corrected chi connectivity index (χ2v) is 12.7. The van der Waals surface area contributed by atoms with Crippen molar-refractivity contribution in [3.05, 3.63) is 191 Å². The quantitative estimate of drug-likeness (QED) is 0.171. The summed E-state index contributed by atoms with van der Waals surface area (Å²) in [6.07, 6.45) is 1.05. The molecule has 0 bridgehead atoms. The molecule has 0 fully saturated rings. The molecule has 0 unspecified atom stereocenters. The molecule has 248 valence electrons. The first-order chi connectivity index (χ1) is 22.9. The van der Waals surface area contributed by atoms with Crippen LogP contribution >= 0.6 is 0 Å². The summed E-state index contributed by atoms with van der Waals surface area (Å²) in [6, 6.07) is 57.6. The van der Waals surface area contributed by atoms with E-state index in [9.17, 15) is 0 Å². The van der Waals surface area contributed by atoms with E-state index >= 15 is 0 Å². The van der Waals surface area contributed by atoms with E-state index < -0.39 is 0 Å². The number of benzene rings is 6. The van der Waals surface area contributed by atoms with Gasteiger partial charge >= 0.3 is 26.2 Å². The van der Waals surface area contributed by atoms with Crippen LogP contribution in [0.2, 0.25) is 0 Å². The smallest absolute Gasteiger partial charge is 1.00 e. The van der Waals surface area contributed by atoms with E-state index in [1.165, 1.54) is 88.3 Å². The molecule has 0 spiro atoms. The van der Waals surface area contributed by atoms with Crippen molar-refractivity contribution in [3.63, 3.8) is 0 Å². The number of hydrogen-bond donors (Lipinski definition) is 0. The third kappa shape index (κ3) is 8.30. The Bertz CT molecular complexity index is 2190. The van der Waals surface area contributed by atoms with E-state index in [0.29, 0.717) is 0 Å². The zero-order valence-electron chi connectivity index (χ0n) is 28.9. The van der Waals surface area contributed by atoms with E-state index in [0.717, 1.165) is 6.42 Å². The van der Waals surface area contributed by atoms with Gasteiger partial charge in [0.2, 0.25) is 0 Å². The summed E-state index contributed by atoms with van der Waals surface area (Å²) in [4.78, 5) is 0. The Hall–Kier alpha value is -4.00. The Morgan fingerprint density at radius 1 is 0.480 bits per heavy atom. The second-order valence-electron chi connectivity index (χ2n) is 12.7. The van der Waals surface area contributed by atoms with Crippen molar-refractivity contribution in [3.8, 4) is 33.4 Å². The van der Waals surface area contributed by atoms with Crippen LogP contribution in [0.4, 0.5) is 0 Å². The normalized spacial score (nSPS) is 10.6. The van der Waals surface area contributed by atoms with Gasteiger partial charge in [-0.1, -0.05) is 147 Å². The van der Waals surface area contributed by atoms with Gasteiger partial charge in [-0.05, 0) is 17.5 Å². The molecule has 0 amide bonds. The third-order valence-electron chi connectivity index (χ3n) is 9.25. The molecular formula is C47H39Cl2Zr-3. The van der Waals surface area contributed by atoms with Crippen LogP contribution in [0.15, 0.2) is 152 Å². The zero-order valence-corrected chi connectivity index (χ0v) is 32.9. The van der Waals surface area contributed by atoms with Gasteiger partial charge in [-0.3, -0.25) is 0 Å². The SMILES string of the molecule is Cc1[c-]c2c(cc1C)-c1ccccc1C2.Cc1cc2c(-c3ccccc3)cccc2[cH-]1.Cc1cc2c(-c3ccccc3)cccc2[cH-]1.[Cl-].[Cl-].[Zr+2]. The van der Waals surface area contributed by atoms with Crippen molar-refractivity contribution in [2.45, 2.75) is 34.1 Å². The summed E-state index contributed by atoms with van der Waals surface area (Å²) in [5.74, 6) is 0. The van der Waals surface area contributed by atoms with Crippen LogP contribution in [0.1, 0.15) is 33.4 Å². The molecule has 8 aromatic rings. The van der Waals surface area contributed by atoms with Gasteiger partial charge < -0.3 is 24.8 Å². The van der Waals surface area contributed by atoms with Gasteiger partial charge in [0.1, 0.15) is 0 Å². The first-order valence-electron chi connectivity index (χ1n) is 16.5. The average Bonchev–Trinajstić information content (AvgIpc) is 3.79. The molecule has 1 aliphatic carbocycles. The van der Waals surface area contributed by atoms with Gasteiger partial charge in [-0.15, -0.1) is 80.2 Å². The molecule has 0 heterocycles. The van der Waals surface area contributed by atoms with Crippen molar-refractivity contribution in [2.24, 2.45) is 0 Å². The van der Waals surface area contributed by atoms with Crippen LogP contribution in [-0.4, -0.2) is 0 Å². The number of fused-ring (bicyclic) bond motifs is 5. The van der Waals surface area contributed by atoms with Gasteiger partial charge in [0.25, 0.3) is 0 Å². The van der Waals surface area contributed by atoms with Crippen LogP contribution in [0.25, 0.3) is 54.9 Å². The molecular weight excluding hydrogens is 727 g/mol. The molecule has 1 aliphatic rings. The molecule has 9 rings (SSSR count). The molecule has 3 heteroatoms. The van der Waals surface area contributed by atoms with Crippen molar-refractivity contribution >= 4 is 21.5 Å². The first-order valence-corrected chi connectivity index (χ1v) is 16.5. The molecule has 0 N–H and O–H groups in total. The minimum Gasteiger partial charge on any atom is -1.00 e. The maximum atomic E-state index is 3.50. The topological polar surface area (TPSA) is 0 Å². The van der Waals surface area contributed by atoms with E-state index in [4.69, 9.17) is 0 Å². The second kappa shape index (κ2) is 17.3. The molecule has 0 atom stereocenters. The Morgan fingerprint density at radius 3 is 1.46 bits per heavy atom. The Balaban J connectivity index is 0.000000164. The minimum atomic E-state index is 0. The van der Waals surface area contributed by atoms with Gasteiger partial charge in [0.05, 0.1) is 0 Å². The Morgan fingerprint density at radius 2 is 0.940 bits per heavy atom. The van der Waals surface area contributed by atoms with Crippen LogP contribution in [0, 0.1) is 33.8 Å². The molecule has 0 saturated heterocycles. The fraction of sp³-hybridized carbons (Fsp3) is 0.106. The van der Waals surface area contributed by atoms with Crippen molar-refractivity contribution in [1.82, 2.24) is 0 Å². The maximum absolute atomic E-state index is 3.50. The summed E-state index contributed by atoms with van der Waals surface area (Å²) in [5, 5.41) is 5.37. The average molecular weight is 766 g/mol. The van der Waals surface area contributed by atoms with E-state index in [1.807, 2.05) is 0 Å². The van der Waals surface area contributed by atoms with Gasteiger partial charge in [0.15, 0.2) is 0 Å². The van der Waals surface area contributed by atoms with Crippen LogP contribution in [0.3, 0.4) is 0 Å². The number of aryl methyl sites for hydroxylation is 4. The molecule has 0 aliphatic heterocycles. The summed E-state index contributed by atoms with van der Waals surface area (Å²) in [7, 11) is 0. The summed E-state index contributed by atoms with van der Waals surface area (Å²) in [6.45, 7) is 8.59. The molecule has 0 saturated carbocycles. The van der Waals surface area contributed by atoms with Crippen molar-refractivity contribution in [1.29, 1.82) is 0 Å². The molecule has 50 heavy (non-hydrogen) atoms. The molecule has 0 radical (unpaired) electrons. The monoisotopic (exact) mass is 763 g/mol. The van der Waals surface area contributed by atoms with Gasteiger partial charge in [-0.25, -0.2) is 0 Å². The first kappa shape index (κ1) is 38.8. The largest absolute Gasteiger partial charge is 2.00 e. The summed E-state index contributed by atoms with van der Waals surface area (Å²) in [5.41, 5.74) is 16.1. The summed E-state index contributed by atoms with van der Waals surface area (Å²) >= 11 is 0. The minimum absolute atomic E-state index is 0. The van der Waals surface area contributed by atoms with Crippen LogP contribution in [0.5, 0.6) is 0 Å². The zero-order chi connectivity index (χ0) is 32.3. The maximum Gasteiger partial charge on any atom is 2.00 e.